The van der Waals surface area contributed by atoms with Gasteiger partial charge in [0.15, 0.2) is 0 Å². The van der Waals surface area contributed by atoms with E-state index in [0.29, 0.717) is 5.69 Å². The molecule has 0 atom stereocenters. The molecule has 1 aliphatic rings. The quantitative estimate of drug-likeness (QED) is 0.591. The molecule has 6 nitrogen and oxygen atoms in total. The van der Waals surface area contributed by atoms with Gasteiger partial charge in [-0.2, -0.15) is 0 Å². The first-order chi connectivity index (χ1) is 7.58. The van der Waals surface area contributed by atoms with Crippen LogP contribution in [0.15, 0.2) is 18.2 Å². The topological polar surface area (TPSA) is 95.3 Å². The molecular formula is C10H9N2O4-. The molecule has 16 heavy (non-hydrogen) atoms. The number of nitrogens with zero attached hydrogens (tertiary/aromatic N) is 1. The molecule has 84 valence electrons. The molecule has 0 bridgehead atoms. The number of hydrogen-bond acceptors (Lipinski definition) is 5. The fraction of sp³-hybridized carbons (Fsp3) is 0.300. The Morgan fingerprint density at radius 3 is 2.62 bits per heavy atom. The van der Waals surface area contributed by atoms with Crippen molar-refractivity contribution in [2.24, 2.45) is 0 Å². The number of hydrogen-bond donors (Lipinski definition) is 1. The predicted molar refractivity (Wildman–Crippen MR) is 54.1 cm³/mol. The van der Waals surface area contributed by atoms with Gasteiger partial charge in [-0.3, -0.25) is 10.1 Å². The van der Waals surface area contributed by atoms with Gasteiger partial charge in [-0.1, -0.05) is 6.07 Å². The lowest BCUT2D eigenvalue weighted by Gasteiger charge is -2.07. The Balaban J connectivity index is 2.35. The van der Waals surface area contributed by atoms with Crippen molar-refractivity contribution in [1.29, 1.82) is 0 Å². The van der Waals surface area contributed by atoms with E-state index in [1.165, 1.54) is 12.1 Å². The summed E-state index contributed by atoms with van der Waals surface area (Å²) < 4.78 is 0. The Morgan fingerprint density at radius 1 is 1.44 bits per heavy atom. The molecule has 0 aliphatic heterocycles. The zero-order chi connectivity index (χ0) is 11.7. The molecule has 0 saturated heterocycles. The molecule has 1 aromatic rings. The molecular weight excluding hydrogens is 212 g/mol. The van der Waals surface area contributed by atoms with Gasteiger partial charge in [-0.25, -0.2) is 0 Å². The summed E-state index contributed by atoms with van der Waals surface area (Å²) in [7, 11) is 0. The monoisotopic (exact) mass is 221 g/mol. The Morgan fingerprint density at radius 2 is 2.12 bits per heavy atom. The van der Waals surface area contributed by atoms with Crippen molar-refractivity contribution in [2.45, 2.75) is 18.9 Å². The normalized spacial score (nSPS) is 14.5. The van der Waals surface area contributed by atoms with Gasteiger partial charge < -0.3 is 15.2 Å². The van der Waals surface area contributed by atoms with Crippen LogP contribution in [0.2, 0.25) is 0 Å². The second kappa shape index (κ2) is 3.80. The minimum atomic E-state index is -1.42. The fourth-order valence-corrected chi connectivity index (χ4v) is 1.38. The van der Waals surface area contributed by atoms with Crippen LogP contribution in [0.25, 0.3) is 0 Å². The van der Waals surface area contributed by atoms with E-state index in [1.807, 2.05) is 0 Å². The Bertz CT molecular complexity index is 454. The van der Waals surface area contributed by atoms with Crippen LogP contribution < -0.4 is 10.4 Å². The van der Waals surface area contributed by atoms with Gasteiger partial charge in [-0.05, 0) is 18.9 Å². The van der Waals surface area contributed by atoms with Crippen LogP contribution in [-0.4, -0.2) is 16.9 Å². The second-order valence-corrected chi connectivity index (χ2v) is 3.70. The van der Waals surface area contributed by atoms with Crippen molar-refractivity contribution in [3.63, 3.8) is 0 Å². The van der Waals surface area contributed by atoms with Crippen LogP contribution in [0.3, 0.4) is 0 Å². The predicted octanol–water partition coefficient (Wildman–Crippen LogP) is 0.533. The van der Waals surface area contributed by atoms with Gasteiger partial charge in [0.1, 0.15) is 5.69 Å². The Kier molecular flexibility index (Phi) is 2.47. The first-order valence-electron chi connectivity index (χ1n) is 4.84. The molecule has 1 saturated carbocycles. The fourth-order valence-electron chi connectivity index (χ4n) is 1.38. The first-order valence-corrected chi connectivity index (χ1v) is 4.84. The summed E-state index contributed by atoms with van der Waals surface area (Å²) in [6.45, 7) is 0. The highest BCUT2D eigenvalue weighted by Gasteiger charge is 2.24. The molecule has 0 unspecified atom stereocenters. The summed E-state index contributed by atoms with van der Waals surface area (Å²) in [5.74, 6) is -1.42. The summed E-state index contributed by atoms with van der Waals surface area (Å²) in [4.78, 5) is 20.7. The maximum Gasteiger partial charge on any atom is 0.292 e. The van der Waals surface area contributed by atoms with E-state index < -0.39 is 10.9 Å². The van der Waals surface area contributed by atoms with Crippen LogP contribution >= 0.6 is 0 Å². The van der Waals surface area contributed by atoms with E-state index in [-0.39, 0.29) is 17.3 Å². The maximum atomic E-state index is 10.8. The SMILES string of the molecule is O=C([O-])c1ccc(NC2CC2)c([N+](=O)[O-])c1. The van der Waals surface area contributed by atoms with Crippen molar-refractivity contribution < 1.29 is 14.8 Å². The number of carbonyl (C=O) groups excluding carboxylic acids is 1. The number of rotatable bonds is 4. The van der Waals surface area contributed by atoms with E-state index >= 15 is 0 Å². The molecule has 1 aromatic carbocycles. The maximum absolute atomic E-state index is 10.8. The van der Waals surface area contributed by atoms with Crippen LogP contribution in [0.1, 0.15) is 23.2 Å². The van der Waals surface area contributed by atoms with Crippen molar-refractivity contribution in [3.8, 4) is 0 Å². The first kappa shape index (κ1) is 10.4. The molecule has 2 rings (SSSR count). The van der Waals surface area contributed by atoms with E-state index in [4.69, 9.17) is 0 Å². The number of carboxylic acid groups (broad SMARTS) is 1. The highest BCUT2D eigenvalue weighted by atomic mass is 16.6. The minimum Gasteiger partial charge on any atom is -0.545 e. The number of nitro benzene ring substituents is 1. The number of carboxylic acids is 1. The third-order valence-electron chi connectivity index (χ3n) is 2.37. The van der Waals surface area contributed by atoms with Crippen LogP contribution in [0.4, 0.5) is 11.4 Å². The summed E-state index contributed by atoms with van der Waals surface area (Å²) in [5, 5.41) is 24.3. The van der Waals surface area contributed by atoms with Gasteiger partial charge in [0.05, 0.1) is 10.9 Å². The van der Waals surface area contributed by atoms with Gasteiger partial charge in [-0.15, -0.1) is 0 Å². The lowest BCUT2D eigenvalue weighted by atomic mass is 10.1. The molecule has 0 spiro atoms. The molecule has 0 radical (unpaired) electrons. The molecule has 0 heterocycles. The Hall–Kier alpha value is -2.11. The highest BCUT2D eigenvalue weighted by molar-refractivity contribution is 5.88. The molecule has 1 fully saturated rings. The van der Waals surface area contributed by atoms with Crippen molar-refractivity contribution >= 4 is 17.3 Å². The zero-order valence-electron chi connectivity index (χ0n) is 8.30. The average molecular weight is 221 g/mol. The van der Waals surface area contributed by atoms with Crippen LogP contribution in [0, 0.1) is 10.1 Å². The molecule has 6 heteroatoms. The van der Waals surface area contributed by atoms with E-state index in [0.717, 1.165) is 18.9 Å². The van der Waals surface area contributed by atoms with Crippen molar-refractivity contribution in [1.82, 2.24) is 0 Å². The van der Waals surface area contributed by atoms with Gasteiger partial charge in [0.2, 0.25) is 0 Å². The van der Waals surface area contributed by atoms with E-state index in [2.05, 4.69) is 5.32 Å². The number of aromatic carboxylic acids is 1. The standard InChI is InChI=1S/C10H10N2O4/c13-10(14)6-1-4-8(11-7-2-3-7)9(5-6)12(15)16/h1,4-5,7,11H,2-3H2,(H,13,14)/p-1. The van der Waals surface area contributed by atoms with Crippen LogP contribution in [-0.2, 0) is 0 Å². The average Bonchev–Trinajstić information content (AvgIpc) is 3.01. The number of nitrogens with one attached hydrogen (secondary N) is 1. The molecule has 1 aliphatic carbocycles. The smallest absolute Gasteiger partial charge is 0.292 e. The highest BCUT2D eigenvalue weighted by Crippen LogP contribution is 2.31. The molecule has 0 amide bonds. The molecule has 0 aromatic heterocycles. The summed E-state index contributed by atoms with van der Waals surface area (Å²) >= 11 is 0. The summed E-state index contributed by atoms with van der Waals surface area (Å²) in [6, 6.07) is 3.99. The number of nitro groups is 1. The summed E-state index contributed by atoms with van der Waals surface area (Å²) in [6.07, 6.45) is 1.97. The van der Waals surface area contributed by atoms with Crippen molar-refractivity contribution in [2.75, 3.05) is 5.32 Å². The van der Waals surface area contributed by atoms with E-state index in [1.54, 1.807) is 0 Å². The number of benzene rings is 1. The minimum absolute atomic E-state index is 0.187. The number of carbonyl (C=O) groups is 1. The third kappa shape index (κ3) is 2.10. The third-order valence-corrected chi connectivity index (χ3v) is 2.37. The zero-order valence-corrected chi connectivity index (χ0v) is 8.30. The van der Waals surface area contributed by atoms with Gasteiger partial charge in [0, 0.05) is 17.7 Å². The van der Waals surface area contributed by atoms with Crippen molar-refractivity contribution in [3.05, 3.63) is 33.9 Å². The second-order valence-electron chi connectivity index (χ2n) is 3.70. The van der Waals surface area contributed by atoms with E-state index in [9.17, 15) is 20.0 Å². The summed E-state index contributed by atoms with van der Waals surface area (Å²) in [5.41, 5.74) is -0.0563. The number of anilines is 1. The van der Waals surface area contributed by atoms with Crippen LogP contribution in [0.5, 0.6) is 0 Å². The lowest BCUT2D eigenvalue weighted by Crippen LogP contribution is -2.22. The lowest BCUT2D eigenvalue weighted by molar-refractivity contribution is -0.384. The Labute approximate surface area is 91.0 Å². The molecule has 1 N–H and O–H groups in total. The largest absolute Gasteiger partial charge is 0.545 e. The van der Waals surface area contributed by atoms with Gasteiger partial charge in [0.25, 0.3) is 5.69 Å². The van der Waals surface area contributed by atoms with Gasteiger partial charge >= 0.3 is 0 Å².